The monoisotopic (exact) mass is 432 g/mol. The fourth-order valence-corrected chi connectivity index (χ4v) is 5.32. The summed E-state index contributed by atoms with van der Waals surface area (Å²) in [7, 11) is 1.53. The summed E-state index contributed by atoms with van der Waals surface area (Å²) in [5.74, 6) is 1.29. The molecular formula is C22H28N2O5S. The minimum atomic E-state index is -3.35. The SMILES string of the molecule is COc1ccc(OC)c(CN(C)C(=O)c2ccc(C)c(N3CCCCS3(=O)=O)c2)c1. The Bertz CT molecular complexity index is 1040. The molecule has 7 nitrogen and oxygen atoms in total. The Morgan fingerprint density at radius 3 is 2.53 bits per heavy atom. The first-order chi connectivity index (χ1) is 14.3. The predicted octanol–water partition coefficient (Wildman–Crippen LogP) is 3.21. The molecular weight excluding hydrogens is 404 g/mol. The van der Waals surface area contributed by atoms with Crippen LogP contribution in [0.15, 0.2) is 36.4 Å². The lowest BCUT2D eigenvalue weighted by Crippen LogP contribution is -2.38. The van der Waals surface area contributed by atoms with Crippen molar-refractivity contribution in [3.05, 3.63) is 53.1 Å². The van der Waals surface area contributed by atoms with Crippen LogP contribution >= 0.6 is 0 Å². The van der Waals surface area contributed by atoms with Crippen molar-refractivity contribution in [1.29, 1.82) is 0 Å². The van der Waals surface area contributed by atoms with E-state index in [-0.39, 0.29) is 11.7 Å². The van der Waals surface area contributed by atoms with E-state index >= 15 is 0 Å². The average molecular weight is 433 g/mol. The fourth-order valence-electron chi connectivity index (χ4n) is 3.62. The molecule has 0 unspecified atom stereocenters. The normalized spacial score (nSPS) is 15.5. The Morgan fingerprint density at radius 1 is 1.10 bits per heavy atom. The Hall–Kier alpha value is -2.74. The van der Waals surface area contributed by atoms with Gasteiger partial charge < -0.3 is 14.4 Å². The number of sulfonamides is 1. The van der Waals surface area contributed by atoms with Crippen LogP contribution in [0.2, 0.25) is 0 Å². The maximum Gasteiger partial charge on any atom is 0.253 e. The van der Waals surface area contributed by atoms with Gasteiger partial charge in [0, 0.05) is 31.3 Å². The maximum atomic E-state index is 13.1. The summed E-state index contributed by atoms with van der Waals surface area (Å²) >= 11 is 0. The van der Waals surface area contributed by atoms with Gasteiger partial charge in [-0.25, -0.2) is 8.42 Å². The molecule has 2 aromatic rings. The number of rotatable bonds is 6. The second kappa shape index (κ2) is 8.95. The molecule has 1 fully saturated rings. The molecule has 1 amide bonds. The van der Waals surface area contributed by atoms with Crippen LogP contribution in [0.1, 0.15) is 34.3 Å². The van der Waals surface area contributed by atoms with Gasteiger partial charge in [0.1, 0.15) is 11.5 Å². The quantitative estimate of drug-likeness (QED) is 0.701. The standard InChI is InChI=1S/C22H28N2O5S/c1-16-7-8-17(14-20(16)24-11-5-6-12-30(24,26)27)22(25)23(2)15-18-13-19(28-3)9-10-21(18)29-4/h7-10,13-14H,5-6,11-12,15H2,1-4H3. The van der Waals surface area contributed by atoms with Gasteiger partial charge >= 0.3 is 0 Å². The van der Waals surface area contributed by atoms with Gasteiger partial charge in [0.15, 0.2) is 0 Å². The van der Waals surface area contributed by atoms with E-state index in [9.17, 15) is 13.2 Å². The molecule has 1 saturated heterocycles. The van der Waals surface area contributed by atoms with Crippen LogP contribution in [0.25, 0.3) is 0 Å². The van der Waals surface area contributed by atoms with Crippen molar-refractivity contribution in [3.8, 4) is 11.5 Å². The largest absolute Gasteiger partial charge is 0.497 e. The molecule has 0 aromatic heterocycles. The molecule has 30 heavy (non-hydrogen) atoms. The Balaban J connectivity index is 1.87. The minimum Gasteiger partial charge on any atom is -0.497 e. The van der Waals surface area contributed by atoms with E-state index in [0.717, 1.165) is 17.5 Å². The van der Waals surface area contributed by atoms with E-state index in [1.165, 1.54) is 4.31 Å². The highest BCUT2D eigenvalue weighted by atomic mass is 32.2. The van der Waals surface area contributed by atoms with Crippen molar-refractivity contribution in [2.75, 3.05) is 37.9 Å². The molecule has 1 aliphatic heterocycles. The molecule has 0 spiro atoms. The van der Waals surface area contributed by atoms with Crippen molar-refractivity contribution in [2.24, 2.45) is 0 Å². The van der Waals surface area contributed by atoms with Gasteiger partial charge in [-0.1, -0.05) is 6.07 Å². The zero-order chi connectivity index (χ0) is 21.9. The highest BCUT2D eigenvalue weighted by Gasteiger charge is 2.28. The first-order valence-electron chi connectivity index (χ1n) is 9.84. The van der Waals surface area contributed by atoms with E-state index in [0.29, 0.717) is 42.3 Å². The summed E-state index contributed by atoms with van der Waals surface area (Å²) in [6, 6.07) is 10.7. The van der Waals surface area contributed by atoms with Crippen molar-refractivity contribution in [2.45, 2.75) is 26.3 Å². The molecule has 3 rings (SSSR count). The summed E-state index contributed by atoms with van der Waals surface area (Å²) in [6.45, 7) is 2.63. The number of aryl methyl sites for hydroxylation is 1. The van der Waals surface area contributed by atoms with Crippen LogP contribution in [-0.2, 0) is 16.6 Å². The van der Waals surface area contributed by atoms with Crippen molar-refractivity contribution < 1.29 is 22.7 Å². The number of hydrogen-bond donors (Lipinski definition) is 0. The lowest BCUT2D eigenvalue weighted by Gasteiger charge is -2.30. The number of carbonyl (C=O) groups excluding carboxylic acids is 1. The van der Waals surface area contributed by atoms with Crippen LogP contribution in [0.5, 0.6) is 11.5 Å². The summed E-state index contributed by atoms with van der Waals surface area (Å²) in [5.41, 5.74) is 2.67. The van der Waals surface area contributed by atoms with Crippen LogP contribution in [0.4, 0.5) is 5.69 Å². The van der Waals surface area contributed by atoms with E-state index in [1.54, 1.807) is 56.5 Å². The summed E-state index contributed by atoms with van der Waals surface area (Å²) in [4.78, 5) is 14.7. The zero-order valence-electron chi connectivity index (χ0n) is 17.8. The molecule has 162 valence electrons. The van der Waals surface area contributed by atoms with E-state index in [1.807, 2.05) is 13.0 Å². The summed E-state index contributed by atoms with van der Waals surface area (Å²) in [5, 5.41) is 0. The zero-order valence-corrected chi connectivity index (χ0v) is 18.7. The molecule has 1 aliphatic rings. The van der Waals surface area contributed by atoms with Gasteiger partial charge in [0.05, 0.1) is 25.7 Å². The van der Waals surface area contributed by atoms with Gasteiger partial charge in [-0.05, 0) is 55.7 Å². The third-order valence-corrected chi connectivity index (χ3v) is 7.17. The molecule has 2 aromatic carbocycles. The number of carbonyl (C=O) groups is 1. The van der Waals surface area contributed by atoms with Crippen molar-refractivity contribution >= 4 is 21.6 Å². The molecule has 8 heteroatoms. The molecule has 0 bridgehead atoms. The van der Waals surface area contributed by atoms with E-state index < -0.39 is 10.0 Å². The lowest BCUT2D eigenvalue weighted by atomic mass is 10.1. The van der Waals surface area contributed by atoms with Crippen molar-refractivity contribution in [3.63, 3.8) is 0 Å². The molecule has 0 N–H and O–H groups in total. The van der Waals surface area contributed by atoms with Crippen LogP contribution < -0.4 is 13.8 Å². The molecule has 0 atom stereocenters. The molecule has 0 saturated carbocycles. The highest BCUT2D eigenvalue weighted by Crippen LogP contribution is 2.29. The van der Waals surface area contributed by atoms with Gasteiger partial charge in [0.2, 0.25) is 10.0 Å². The number of benzene rings is 2. The third-order valence-electron chi connectivity index (χ3n) is 5.32. The number of anilines is 1. The minimum absolute atomic E-state index is 0.139. The highest BCUT2D eigenvalue weighted by molar-refractivity contribution is 7.92. The Labute approximate surface area is 178 Å². The first kappa shape index (κ1) is 22.0. The predicted molar refractivity (Wildman–Crippen MR) is 117 cm³/mol. The average Bonchev–Trinajstić information content (AvgIpc) is 2.73. The molecule has 1 heterocycles. The van der Waals surface area contributed by atoms with Gasteiger partial charge in [-0.2, -0.15) is 0 Å². The maximum absolute atomic E-state index is 13.1. The lowest BCUT2D eigenvalue weighted by molar-refractivity contribution is 0.0784. The number of methoxy groups -OCH3 is 2. The van der Waals surface area contributed by atoms with E-state index in [4.69, 9.17) is 9.47 Å². The number of nitrogens with zero attached hydrogens (tertiary/aromatic N) is 2. The number of ether oxygens (including phenoxy) is 2. The molecule has 0 aliphatic carbocycles. The van der Waals surface area contributed by atoms with Crippen LogP contribution in [0.3, 0.4) is 0 Å². The van der Waals surface area contributed by atoms with Crippen molar-refractivity contribution in [1.82, 2.24) is 4.90 Å². The summed E-state index contributed by atoms with van der Waals surface area (Å²) in [6.07, 6.45) is 1.48. The second-order valence-electron chi connectivity index (χ2n) is 7.44. The van der Waals surface area contributed by atoms with Gasteiger partial charge in [-0.15, -0.1) is 0 Å². The Kier molecular flexibility index (Phi) is 6.55. The topological polar surface area (TPSA) is 76.2 Å². The Morgan fingerprint density at radius 2 is 1.87 bits per heavy atom. The second-order valence-corrected chi connectivity index (χ2v) is 9.45. The van der Waals surface area contributed by atoms with E-state index in [2.05, 4.69) is 0 Å². The fraction of sp³-hybridized carbons (Fsp3) is 0.409. The third kappa shape index (κ3) is 4.53. The van der Waals surface area contributed by atoms with Crippen LogP contribution in [-0.4, -0.2) is 52.8 Å². The summed E-state index contributed by atoms with van der Waals surface area (Å²) < 4.78 is 37.2. The number of amides is 1. The van der Waals surface area contributed by atoms with Gasteiger partial charge in [0.25, 0.3) is 5.91 Å². The van der Waals surface area contributed by atoms with Crippen LogP contribution in [0, 0.1) is 6.92 Å². The number of hydrogen-bond acceptors (Lipinski definition) is 5. The molecule has 0 radical (unpaired) electrons. The van der Waals surface area contributed by atoms with Gasteiger partial charge in [-0.3, -0.25) is 9.10 Å². The first-order valence-corrected chi connectivity index (χ1v) is 11.4. The smallest absolute Gasteiger partial charge is 0.253 e.